The normalized spacial score (nSPS) is 14.5. The van der Waals surface area contributed by atoms with Gasteiger partial charge in [-0.25, -0.2) is 13.1 Å². The summed E-state index contributed by atoms with van der Waals surface area (Å²) in [5.74, 6) is -0.233. The first kappa shape index (κ1) is 20.1. The molecule has 0 spiro atoms. The van der Waals surface area contributed by atoms with Crippen molar-refractivity contribution in [2.75, 3.05) is 29.9 Å². The van der Waals surface area contributed by atoms with E-state index in [9.17, 15) is 13.2 Å². The average Bonchev–Trinajstić information content (AvgIpc) is 3.23. The molecule has 28 heavy (non-hydrogen) atoms. The van der Waals surface area contributed by atoms with E-state index in [4.69, 9.17) is 0 Å². The molecule has 1 aliphatic rings. The summed E-state index contributed by atoms with van der Waals surface area (Å²) < 4.78 is 26.4. The van der Waals surface area contributed by atoms with Crippen LogP contribution in [0.4, 0.5) is 11.4 Å². The van der Waals surface area contributed by atoms with Gasteiger partial charge in [0, 0.05) is 42.8 Å². The van der Waals surface area contributed by atoms with Crippen molar-refractivity contribution in [3.8, 4) is 0 Å². The van der Waals surface area contributed by atoms with E-state index in [1.165, 1.54) is 18.9 Å². The average molecular weight is 400 g/mol. The number of hydrogen-bond acceptors (Lipinski definition) is 4. The Morgan fingerprint density at radius 2 is 1.68 bits per heavy atom. The smallest absolute Gasteiger partial charge is 0.233 e. The highest BCUT2D eigenvalue weighted by Gasteiger charge is 2.12. The molecule has 148 valence electrons. The Morgan fingerprint density at radius 3 is 2.36 bits per heavy atom. The number of carbonyl (C=O) groups is 1. The number of rotatable bonds is 8. The fourth-order valence-electron chi connectivity index (χ4n) is 3.04. The molecule has 0 saturated carbocycles. The topological polar surface area (TPSA) is 78.5 Å². The molecule has 0 unspecified atom stereocenters. The molecule has 1 amide bonds. The highest BCUT2D eigenvalue weighted by atomic mass is 32.2. The molecule has 0 radical (unpaired) electrons. The summed E-state index contributed by atoms with van der Waals surface area (Å²) in [5, 5.41) is 3.90. The van der Waals surface area contributed by atoms with Gasteiger partial charge in [-0.1, -0.05) is 30.3 Å². The van der Waals surface area contributed by atoms with E-state index in [0.717, 1.165) is 29.7 Å². The second-order valence-corrected chi connectivity index (χ2v) is 8.34. The summed E-state index contributed by atoms with van der Waals surface area (Å²) in [6, 6.07) is 16.9. The van der Waals surface area contributed by atoms with E-state index in [0.29, 0.717) is 5.69 Å². The number of amides is 1. The van der Waals surface area contributed by atoms with Crippen LogP contribution in [0.1, 0.15) is 24.8 Å². The van der Waals surface area contributed by atoms with Crippen molar-refractivity contribution in [2.24, 2.45) is 0 Å². The summed E-state index contributed by atoms with van der Waals surface area (Å²) in [6.07, 6.45) is 4.01. The Morgan fingerprint density at radius 1 is 1.00 bits per heavy atom. The molecule has 6 nitrogen and oxygen atoms in total. The zero-order chi connectivity index (χ0) is 19.8. The lowest BCUT2D eigenvalue weighted by Crippen LogP contribution is -2.26. The van der Waals surface area contributed by atoms with Crippen molar-refractivity contribution in [1.29, 1.82) is 0 Å². The van der Waals surface area contributed by atoms with Gasteiger partial charge in [-0.2, -0.15) is 0 Å². The maximum Gasteiger partial charge on any atom is 0.233 e. The highest BCUT2D eigenvalue weighted by molar-refractivity contribution is 7.92. The van der Waals surface area contributed by atoms with Crippen LogP contribution in [0.15, 0.2) is 60.0 Å². The molecule has 2 aromatic carbocycles. The van der Waals surface area contributed by atoms with E-state index in [1.54, 1.807) is 0 Å². The summed E-state index contributed by atoms with van der Waals surface area (Å²) in [5.41, 5.74) is 2.66. The lowest BCUT2D eigenvalue weighted by Gasteiger charge is -2.17. The zero-order valence-electron chi connectivity index (χ0n) is 15.7. The first-order valence-electron chi connectivity index (χ1n) is 9.39. The number of hydrogen-bond donors (Lipinski definition) is 2. The molecule has 1 saturated heterocycles. The van der Waals surface area contributed by atoms with Crippen molar-refractivity contribution < 1.29 is 13.2 Å². The van der Waals surface area contributed by atoms with E-state index in [2.05, 4.69) is 14.9 Å². The fourth-order valence-corrected chi connectivity index (χ4v) is 3.86. The van der Waals surface area contributed by atoms with Crippen LogP contribution < -0.4 is 14.9 Å². The number of anilines is 2. The van der Waals surface area contributed by atoms with Crippen LogP contribution in [0, 0.1) is 0 Å². The third-order valence-corrected chi connectivity index (χ3v) is 5.62. The molecule has 2 aromatic rings. The summed E-state index contributed by atoms with van der Waals surface area (Å²) in [7, 11) is -3.58. The van der Waals surface area contributed by atoms with Gasteiger partial charge in [0.1, 0.15) is 0 Å². The fraction of sp³-hybridized carbons (Fsp3) is 0.286. The predicted molar refractivity (Wildman–Crippen MR) is 114 cm³/mol. The quantitative estimate of drug-likeness (QED) is 0.714. The van der Waals surface area contributed by atoms with Crippen LogP contribution in [-0.2, 0) is 14.8 Å². The molecule has 1 fully saturated rings. The van der Waals surface area contributed by atoms with Gasteiger partial charge in [0.15, 0.2) is 0 Å². The standard InChI is InChI=1S/C21H25N3O3S/c25-21(23-19-8-10-20(11-9-19)24-15-4-5-16-24)12-14-22-28(26,27)17-13-18-6-2-1-3-7-18/h1-3,6-11,13,17,22H,4-5,12,14-16H2,(H,23,25). The van der Waals surface area contributed by atoms with Crippen molar-refractivity contribution in [1.82, 2.24) is 4.72 Å². The van der Waals surface area contributed by atoms with Gasteiger partial charge in [-0.15, -0.1) is 0 Å². The molecular weight excluding hydrogens is 374 g/mol. The minimum atomic E-state index is -3.58. The molecule has 0 atom stereocenters. The first-order chi connectivity index (χ1) is 13.5. The Kier molecular flexibility index (Phi) is 6.84. The Bertz CT molecular complexity index is 904. The van der Waals surface area contributed by atoms with Crippen molar-refractivity contribution >= 4 is 33.4 Å². The minimum absolute atomic E-state index is 0.0408. The van der Waals surface area contributed by atoms with E-state index in [1.807, 2.05) is 54.6 Å². The first-order valence-corrected chi connectivity index (χ1v) is 10.9. The summed E-state index contributed by atoms with van der Waals surface area (Å²) >= 11 is 0. The summed E-state index contributed by atoms with van der Waals surface area (Å²) in [6.45, 7) is 2.19. The van der Waals surface area contributed by atoms with Gasteiger partial charge >= 0.3 is 0 Å². The number of carbonyl (C=O) groups excluding carboxylic acids is 1. The SMILES string of the molecule is O=C(CCNS(=O)(=O)C=Cc1ccccc1)Nc1ccc(N2CCCC2)cc1. The van der Waals surface area contributed by atoms with Crippen LogP contribution in [0.25, 0.3) is 6.08 Å². The van der Waals surface area contributed by atoms with Crippen molar-refractivity contribution in [3.63, 3.8) is 0 Å². The molecule has 0 bridgehead atoms. The zero-order valence-corrected chi connectivity index (χ0v) is 16.5. The molecule has 1 heterocycles. The van der Waals surface area contributed by atoms with Gasteiger partial charge in [0.25, 0.3) is 0 Å². The number of nitrogens with zero attached hydrogens (tertiary/aromatic N) is 1. The molecule has 2 N–H and O–H groups in total. The molecular formula is C21H25N3O3S. The van der Waals surface area contributed by atoms with E-state index >= 15 is 0 Å². The monoisotopic (exact) mass is 399 g/mol. The van der Waals surface area contributed by atoms with Gasteiger partial charge in [0.2, 0.25) is 15.9 Å². The molecule has 0 aromatic heterocycles. The number of benzene rings is 2. The van der Waals surface area contributed by atoms with Crippen LogP contribution in [-0.4, -0.2) is 34.0 Å². The lowest BCUT2D eigenvalue weighted by atomic mass is 10.2. The van der Waals surface area contributed by atoms with E-state index in [-0.39, 0.29) is 18.9 Å². The highest BCUT2D eigenvalue weighted by Crippen LogP contribution is 2.22. The maximum absolute atomic E-state index is 12.0. The minimum Gasteiger partial charge on any atom is -0.372 e. The second kappa shape index (κ2) is 9.52. The van der Waals surface area contributed by atoms with Crippen molar-refractivity contribution in [3.05, 3.63) is 65.6 Å². The Hall–Kier alpha value is -2.64. The molecule has 7 heteroatoms. The second-order valence-electron chi connectivity index (χ2n) is 6.69. The van der Waals surface area contributed by atoms with Gasteiger partial charge in [-0.05, 0) is 48.7 Å². The Labute approximate surface area is 166 Å². The van der Waals surface area contributed by atoms with Crippen LogP contribution >= 0.6 is 0 Å². The largest absolute Gasteiger partial charge is 0.372 e. The van der Waals surface area contributed by atoms with Gasteiger partial charge in [0.05, 0.1) is 0 Å². The van der Waals surface area contributed by atoms with E-state index < -0.39 is 10.0 Å². The van der Waals surface area contributed by atoms with Crippen LogP contribution in [0.5, 0.6) is 0 Å². The van der Waals surface area contributed by atoms with Gasteiger partial charge in [-0.3, -0.25) is 4.79 Å². The number of nitrogens with one attached hydrogen (secondary N) is 2. The summed E-state index contributed by atoms with van der Waals surface area (Å²) in [4.78, 5) is 14.4. The lowest BCUT2D eigenvalue weighted by molar-refractivity contribution is -0.116. The molecule has 0 aliphatic carbocycles. The van der Waals surface area contributed by atoms with Crippen molar-refractivity contribution in [2.45, 2.75) is 19.3 Å². The third-order valence-electron chi connectivity index (χ3n) is 4.52. The van der Waals surface area contributed by atoms with Gasteiger partial charge < -0.3 is 10.2 Å². The Balaban J connectivity index is 1.43. The molecule has 1 aliphatic heterocycles. The maximum atomic E-state index is 12.0. The molecule has 3 rings (SSSR count). The predicted octanol–water partition coefficient (Wildman–Crippen LogP) is 3.21. The third kappa shape index (κ3) is 6.21. The van der Waals surface area contributed by atoms with Crippen LogP contribution in [0.2, 0.25) is 0 Å². The van der Waals surface area contributed by atoms with Crippen LogP contribution in [0.3, 0.4) is 0 Å². The number of sulfonamides is 1.